The number of carboxylic acids is 1. The number of carbonyl (C=O) groups is 1. The third-order valence-corrected chi connectivity index (χ3v) is 10.3. The van der Waals surface area contributed by atoms with Crippen LogP contribution in [0, 0.1) is 17.3 Å². The molecule has 2 saturated carbocycles. The van der Waals surface area contributed by atoms with Crippen molar-refractivity contribution in [1.82, 2.24) is 14.9 Å². The van der Waals surface area contributed by atoms with Crippen molar-refractivity contribution in [2.24, 2.45) is 17.3 Å². The normalized spacial score (nSPS) is 23.7. The zero-order valence-corrected chi connectivity index (χ0v) is 27.0. The number of aryl methyl sites for hydroxylation is 1. The SMILES string of the molecule is Cl.Nc1nc2c(c(N3CCN(CCOCC4CC5(C4)CC(C(=O)O)C5)CC3)n1)CCc1cc(OCc3ccc(Cl)cc3)ccc1-2. The fraction of sp³-hybridized carbons (Fsp3) is 0.500. The average molecular weight is 655 g/mol. The van der Waals surface area contributed by atoms with Crippen molar-refractivity contribution in [3.63, 3.8) is 0 Å². The highest BCUT2D eigenvalue weighted by atomic mass is 35.5. The topological polar surface area (TPSA) is 114 Å². The van der Waals surface area contributed by atoms with Gasteiger partial charge in [0.2, 0.25) is 5.95 Å². The van der Waals surface area contributed by atoms with Gasteiger partial charge < -0.3 is 25.2 Å². The first-order valence-electron chi connectivity index (χ1n) is 15.8. The zero-order chi connectivity index (χ0) is 30.3. The molecule has 0 atom stereocenters. The van der Waals surface area contributed by atoms with Crippen LogP contribution < -0.4 is 15.4 Å². The number of hydrogen-bond donors (Lipinski definition) is 2. The Morgan fingerprint density at radius 1 is 1.02 bits per heavy atom. The lowest BCUT2D eigenvalue weighted by atomic mass is 9.48. The summed E-state index contributed by atoms with van der Waals surface area (Å²) in [5.74, 6) is 1.97. The smallest absolute Gasteiger partial charge is 0.306 e. The largest absolute Gasteiger partial charge is 0.489 e. The Balaban J connectivity index is 0.00000357. The van der Waals surface area contributed by atoms with Gasteiger partial charge in [0.25, 0.3) is 0 Å². The van der Waals surface area contributed by atoms with E-state index >= 15 is 0 Å². The van der Waals surface area contributed by atoms with Crippen LogP contribution >= 0.6 is 24.0 Å². The Kier molecular flexibility index (Phi) is 9.43. The van der Waals surface area contributed by atoms with Crippen LogP contribution in [0.5, 0.6) is 5.75 Å². The van der Waals surface area contributed by atoms with Gasteiger partial charge in [0.15, 0.2) is 0 Å². The van der Waals surface area contributed by atoms with E-state index in [4.69, 9.17) is 41.9 Å². The van der Waals surface area contributed by atoms with Crippen LogP contribution in [0.2, 0.25) is 5.02 Å². The Labute approximate surface area is 275 Å². The molecule has 1 spiro atoms. The summed E-state index contributed by atoms with van der Waals surface area (Å²) in [7, 11) is 0. The minimum absolute atomic E-state index is 0. The molecule has 7 rings (SSSR count). The second-order valence-electron chi connectivity index (χ2n) is 13.1. The van der Waals surface area contributed by atoms with Crippen LogP contribution in [-0.2, 0) is 29.0 Å². The number of piperazine rings is 1. The Morgan fingerprint density at radius 3 is 2.51 bits per heavy atom. The summed E-state index contributed by atoms with van der Waals surface area (Å²) in [5, 5.41) is 9.85. The third kappa shape index (κ3) is 6.87. The lowest BCUT2D eigenvalue weighted by molar-refractivity contribution is -0.160. The van der Waals surface area contributed by atoms with Crippen LogP contribution in [0.3, 0.4) is 0 Å². The Morgan fingerprint density at radius 2 is 1.78 bits per heavy atom. The molecule has 2 heterocycles. The minimum atomic E-state index is -0.629. The predicted octanol–water partition coefficient (Wildman–Crippen LogP) is 5.51. The number of carboxylic acid groups (broad SMARTS) is 1. The predicted molar refractivity (Wildman–Crippen MR) is 177 cm³/mol. The molecule has 240 valence electrons. The van der Waals surface area contributed by atoms with Crippen LogP contribution in [-0.4, -0.2) is 71.9 Å². The van der Waals surface area contributed by atoms with E-state index in [2.05, 4.69) is 21.9 Å². The minimum Gasteiger partial charge on any atom is -0.489 e. The Hall–Kier alpha value is -3.11. The number of anilines is 2. The zero-order valence-electron chi connectivity index (χ0n) is 25.4. The van der Waals surface area contributed by atoms with Gasteiger partial charge in [-0.25, -0.2) is 4.98 Å². The molecule has 3 aliphatic carbocycles. The summed E-state index contributed by atoms with van der Waals surface area (Å²) in [6.45, 7) is 6.63. The number of nitrogen functional groups attached to an aromatic ring is 1. The monoisotopic (exact) mass is 653 g/mol. The van der Waals surface area contributed by atoms with E-state index in [1.807, 2.05) is 30.3 Å². The highest BCUT2D eigenvalue weighted by Crippen LogP contribution is 2.61. The van der Waals surface area contributed by atoms with Crippen molar-refractivity contribution in [3.8, 4) is 17.0 Å². The van der Waals surface area contributed by atoms with Crippen molar-refractivity contribution in [2.45, 2.75) is 45.1 Å². The standard InChI is InChI=1S/C34H40ClN5O4.ClH/c35-26-4-1-22(2-5-26)21-44-27-6-8-28-24(15-27)3-7-29-30(28)37-33(36)38-31(29)40-11-9-39(10-12-40)13-14-43-20-23-16-34(17-23)18-25(19-34)32(41)42;/h1-2,4-6,8,15,23,25H,3,7,9-14,16-21H2,(H,41,42)(H2,36,37,38);1H. The fourth-order valence-corrected chi connectivity index (χ4v) is 7.84. The molecule has 3 aromatic rings. The van der Waals surface area contributed by atoms with Crippen molar-refractivity contribution in [2.75, 3.05) is 56.6 Å². The number of aromatic nitrogens is 2. The van der Waals surface area contributed by atoms with Gasteiger partial charge in [-0.2, -0.15) is 4.98 Å². The molecule has 11 heteroatoms. The lowest BCUT2D eigenvalue weighted by Crippen LogP contribution is -2.51. The van der Waals surface area contributed by atoms with E-state index in [-0.39, 0.29) is 18.3 Å². The number of rotatable bonds is 10. The molecule has 0 radical (unpaired) electrons. The van der Waals surface area contributed by atoms with E-state index < -0.39 is 5.97 Å². The molecule has 9 nitrogen and oxygen atoms in total. The third-order valence-electron chi connectivity index (χ3n) is 10.0. The summed E-state index contributed by atoms with van der Waals surface area (Å²) >= 11 is 6.00. The summed E-state index contributed by atoms with van der Waals surface area (Å²) in [6, 6.07) is 13.9. The summed E-state index contributed by atoms with van der Waals surface area (Å²) < 4.78 is 12.1. The molecule has 3 fully saturated rings. The van der Waals surface area contributed by atoms with Crippen molar-refractivity contribution < 1.29 is 19.4 Å². The van der Waals surface area contributed by atoms with Crippen molar-refractivity contribution in [1.29, 1.82) is 0 Å². The quantitative estimate of drug-likeness (QED) is 0.273. The summed E-state index contributed by atoms with van der Waals surface area (Å²) in [4.78, 5) is 25.3. The lowest BCUT2D eigenvalue weighted by Gasteiger charge is -2.56. The van der Waals surface area contributed by atoms with Crippen LogP contribution in [0.15, 0.2) is 42.5 Å². The summed E-state index contributed by atoms with van der Waals surface area (Å²) in [6.07, 6.45) is 5.75. The first kappa shape index (κ1) is 31.9. The molecule has 0 bridgehead atoms. The maximum Gasteiger partial charge on any atom is 0.306 e. The molecule has 1 saturated heterocycles. The maximum atomic E-state index is 11.1. The van der Waals surface area contributed by atoms with Crippen LogP contribution in [0.25, 0.3) is 11.3 Å². The van der Waals surface area contributed by atoms with Gasteiger partial charge >= 0.3 is 5.97 Å². The second-order valence-corrected chi connectivity index (χ2v) is 13.5. The van der Waals surface area contributed by atoms with Crippen molar-refractivity contribution >= 4 is 41.7 Å². The van der Waals surface area contributed by atoms with Gasteiger partial charge in [-0.15, -0.1) is 12.4 Å². The molecular weight excluding hydrogens is 613 g/mol. The number of fused-ring (bicyclic) bond motifs is 3. The molecule has 2 aromatic carbocycles. The number of aliphatic carboxylic acids is 1. The van der Waals surface area contributed by atoms with Gasteiger partial charge in [-0.05, 0) is 91.3 Å². The highest BCUT2D eigenvalue weighted by Gasteiger charge is 2.54. The molecule has 0 unspecified atom stereocenters. The van der Waals surface area contributed by atoms with Gasteiger partial charge in [0.1, 0.15) is 18.2 Å². The number of hydrogen-bond acceptors (Lipinski definition) is 8. The van der Waals surface area contributed by atoms with Crippen molar-refractivity contribution in [3.05, 3.63) is 64.2 Å². The molecule has 45 heavy (non-hydrogen) atoms. The number of nitrogens with zero attached hydrogens (tertiary/aromatic N) is 4. The van der Waals surface area contributed by atoms with Crippen LogP contribution in [0.1, 0.15) is 42.4 Å². The van der Waals surface area contributed by atoms with E-state index in [9.17, 15) is 4.79 Å². The Bertz CT molecular complexity index is 1520. The maximum absolute atomic E-state index is 11.1. The molecule has 4 aliphatic rings. The average Bonchev–Trinajstić information content (AvgIpc) is 2.98. The molecule has 0 amide bonds. The number of ether oxygens (including phenoxy) is 2. The van der Waals surface area contributed by atoms with Gasteiger partial charge in [-0.3, -0.25) is 9.69 Å². The van der Waals surface area contributed by atoms with Gasteiger partial charge in [-0.1, -0.05) is 23.7 Å². The number of nitrogens with two attached hydrogens (primary N) is 1. The molecule has 1 aromatic heterocycles. The van der Waals surface area contributed by atoms with E-state index in [1.165, 1.54) is 11.1 Å². The summed E-state index contributed by atoms with van der Waals surface area (Å²) in [5.41, 5.74) is 12.1. The number of benzene rings is 2. The van der Waals surface area contributed by atoms with E-state index in [0.717, 1.165) is 118 Å². The first-order chi connectivity index (χ1) is 21.3. The van der Waals surface area contributed by atoms with Crippen LogP contribution in [0.4, 0.5) is 11.8 Å². The highest BCUT2D eigenvalue weighted by molar-refractivity contribution is 6.30. The van der Waals surface area contributed by atoms with E-state index in [0.29, 0.717) is 23.9 Å². The van der Waals surface area contributed by atoms with E-state index in [1.54, 1.807) is 0 Å². The fourth-order valence-electron chi connectivity index (χ4n) is 7.71. The molecular formula is C34H41Cl2N5O4. The van der Waals surface area contributed by atoms with Gasteiger partial charge in [0.05, 0.1) is 18.2 Å². The second kappa shape index (κ2) is 13.3. The molecule has 1 aliphatic heterocycles. The molecule has 3 N–H and O–H groups in total. The first-order valence-corrected chi connectivity index (χ1v) is 16.2. The van der Waals surface area contributed by atoms with Gasteiger partial charge in [0, 0.05) is 55.5 Å². The number of halogens is 2.